The van der Waals surface area contributed by atoms with E-state index in [1.165, 1.54) is 0 Å². The van der Waals surface area contributed by atoms with Crippen molar-refractivity contribution in [2.24, 2.45) is 0 Å². The van der Waals surface area contributed by atoms with Gasteiger partial charge in [0.05, 0.1) is 36.2 Å². The van der Waals surface area contributed by atoms with Crippen molar-refractivity contribution in [2.75, 3.05) is 34.0 Å². The average Bonchev–Trinajstić information content (AvgIpc) is 2.78. The normalized spacial score (nSPS) is 12.8. The Morgan fingerprint density at radius 1 is 1.35 bits per heavy atom. The minimum atomic E-state index is 0.219. The molecule has 0 aliphatic heterocycles. The number of hydrogen-bond acceptors (Lipinski definition) is 4. The zero-order chi connectivity index (χ0) is 15.0. The molecule has 0 spiro atoms. The van der Waals surface area contributed by atoms with Crippen LogP contribution in [0.1, 0.15) is 25.2 Å². The third-order valence-electron chi connectivity index (χ3n) is 3.29. The number of rotatable bonds is 10. The zero-order valence-corrected chi connectivity index (χ0v) is 13.7. The van der Waals surface area contributed by atoms with Gasteiger partial charge >= 0.3 is 0 Å². The molecule has 20 heavy (non-hydrogen) atoms. The lowest BCUT2D eigenvalue weighted by Gasteiger charge is -2.17. The predicted octanol–water partition coefficient (Wildman–Crippen LogP) is 1.91. The molecule has 116 valence electrons. The zero-order valence-electron chi connectivity index (χ0n) is 12.9. The van der Waals surface area contributed by atoms with Gasteiger partial charge in [-0.15, -0.1) is 0 Å². The molecule has 1 heterocycles. The minimum Gasteiger partial charge on any atom is -0.382 e. The van der Waals surface area contributed by atoms with E-state index in [1.54, 1.807) is 7.11 Å². The maximum absolute atomic E-state index is 6.42. The van der Waals surface area contributed by atoms with Crippen molar-refractivity contribution in [1.82, 2.24) is 15.1 Å². The van der Waals surface area contributed by atoms with Gasteiger partial charge in [0, 0.05) is 26.1 Å². The van der Waals surface area contributed by atoms with Crippen LogP contribution in [0.4, 0.5) is 0 Å². The van der Waals surface area contributed by atoms with Crippen LogP contribution in [-0.2, 0) is 28.9 Å². The van der Waals surface area contributed by atoms with Crippen molar-refractivity contribution < 1.29 is 9.47 Å². The topological polar surface area (TPSA) is 48.3 Å². The second kappa shape index (κ2) is 9.34. The number of halogens is 1. The van der Waals surface area contributed by atoms with Crippen LogP contribution < -0.4 is 5.32 Å². The number of nitrogens with one attached hydrogen (secondary N) is 1. The Hall–Kier alpha value is -0.620. The van der Waals surface area contributed by atoms with Gasteiger partial charge in [0.25, 0.3) is 0 Å². The van der Waals surface area contributed by atoms with Gasteiger partial charge in [-0.2, -0.15) is 5.10 Å². The molecule has 0 aliphatic carbocycles. The molecule has 0 aliphatic rings. The van der Waals surface area contributed by atoms with E-state index in [-0.39, 0.29) is 6.04 Å². The predicted molar refractivity (Wildman–Crippen MR) is 81.5 cm³/mol. The van der Waals surface area contributed by atoms with Gasteiger partial charge < -0.3 is 14.8 Å². The Kier molecular flexibility index (Phi) is 8.14. The molecule has 0 fully saturated rings. The second-order valence-electron chi connectivity index (χ2n) is 4.63. The number of aromatic nitrogens is 2. The highest BCUT2D eigenvalue weighted by Gasteiger charge is 2.18. The molecular formula is C14H26ClN3O2. The Bertz CT molecular complexity index is 396. The van der Waals surface area contributed by atoms with Crippen LogP contribution in [0.5, 0.6) is 0 Å². The van der Waals surface area contributed by atoms with Gasteiger partial charge in [-0.05, 0) is 20.4 Å². The minimum absolute atomic E-state index is 0.219. The van der Waals surface area contributed by atoms with Crippen LogP contribution in [0.25, 0.3) is 0 Å². The molecule has 1 aromatic heterocycles. The highest BCUT2D eigenvalue weighted by Crippen LogP contribution is 2.23. The molecule has 1 aromatic rings. The summed E-state index contributed by atoms with van der Waals surface area (Å²) in [6.07, 6.45) is 1.66. The van der Waals surface area contributed by atoms with E-state index >= 15 is 0 Å². The summed E-state index contributed by atoms with van der Waals surface area (Å²) in [4.78, 5) is 0. The summed E-state index contributed by atoms with van der Waals surface area (Å²) in [5.41, 5.74) is 2.05. The van der Waals surface area contributed by atoms with E-state index in [0.29, 0.717) is 19.8 Å². The third-order valence-corrected chi connectivity index (χ3v) is 3.73. The van der Waals surface area contributed by atoms with Crippen molar-refractivity contribution >= 4 is 11.6 Å². The largest absolute Gasteiger partial charge is 0.382 e. The molecule has 0 bridgehead atoms. The Labute approximate surface area is 126 Å². The highest BCUT2D eigenvalue weighted by atomic mass is 35.5. The van der Waals surface area contributed by atoms with E-state index in [0.717, 1.165) is 35.8 Å². The second-order valence-corrected chi connectivity index (χ2v) is 5.01. The SMILES string of the molecule is CCc1nn(CC)c(CC(COCCOC)NC)c1Cl. The maximum Gasteiger partial charge on any atom is 0.0850 e. The van der Waals surface area contributed by atoms with Gasteiger partial charge in [0.15, 0.2) is 0 Å². The fraction of sp³-hybridized carbons (Fsp3) is 0.786. The number of ether oxygens (including phenoxy) is 2. The van der Waals surface area contributed by atoms with Gasteiger partial charge in [-0.25, -0.2) is 0 Å². The summed E-state index contributed by atoms with van der Waals surface area (Å²) in [6, 6.07) is 0.219. The first-order chi connectivity index (χ1) is 9.67. The Morgan fingerprint density at radius 3 is 2.65 bits per heavy atom. The molecule has 1 unspecified atom stereocenters. The number of nitrogens with zero attached hydrogens (tertiary/aromatic N) is 2. The summed E-state index contributed by atoms with van der Waals surface area (Å²) in [5, 5.41) is 8.61. The van der Waals surface area contributed by atoms with Gasteiger partial charge in [-0.3, -0.25) is 4.68 Å². The number of hydrogen-bond donors (Lipinski definition) is 1. The lowest BCUT2D eigenvalue weighted by atomic mass is 10.1. The first-order valence-electron chi connectivity index (χ1n) is 7.15. The molecule has 0 saturated carbocycles. The summed E-state index contributed by atoms with van der Waals surface area (Å²) in [6.45, 7) is 6.83. The molecule has 1 N–H and O–H groups in total. The van der Waals surface area contributed by atoms with Crippen molar-refractivity contribution in [3.63, 3.8) is 0 Å². The maximum atomic E-state index is 6.42. The molecule has 0 radical (unpaired) electrons. The quantitative estimate of drug-likeness (QED) is 0.671. The van der Waals surface area contributed by atoms with Gasteiger partial charge in [0.2, 0.25) is 0 Å². The average molecular weight is 304 g/mol. The summed E-state index contributed by atoms with van der Waals surface area (Å²) >= 11 is 6.42. The monoisotopic (exact) mass is 303 g/mol. The van der Waals surface area contributed by atoms with Crippen molar-refractivity contribution in [2.45, 2.75) is 39.3 Å². The highest BCUT2D eigenvalue weighted by molar-refractivity contribution is 6.31. The first-order valence-corrected chi connectivity index (χ1v) is 7.53. The molecule has 0 aromatic carbocycles. The smallest absolute Gasteiger partial charge is 0.0850 e. The van der Waals surface area contributed by atoms with E-state index in [1.807, 2.05) is 11.7 Å². The molecular weight excluding hydrogens is 278 g/mol. The van der Waals surface area contributed by atoms with Crippen LogP contribution in [-0.4, -0.2) is 49.8 Å². The van der Waals surface area contributed by atoms with E-state index in [4.69, 9.17) is 21.1 Å². The van der Waals surface area contributed by atoms with E-state index in [9.17, 15) is 0 Å². The Morgan fingerprint density at radius 2 is 2.10 bits per heavy atom. The lowest BCUT2D eigenvalue weighted by Crippen LogP contribution is -2.33. The van der Waals surface area contributed by atoms with E-state index < -0.39 is 0 Å². The number of methoxy groups -OCH3 is 1. The van der Waals surface area contributed by atoms with Crippen molar-refractivity contribution in [3.05, 3.63) is 16.4 Å². The van der Waals surface area contributed by atoms with Crippen molar-refractivity contribution in [1.29, 1.82) is 0 Å². The fourth-order valence-corrected chi connectivity index (χ4v) is 2.40. The number of aryl methyl sites for hydroxylation is 2. The third kappa shape index (κ3) is 4.74. The lowest BCUT2D eigenvalue weighted by molar-refractivity contribution is 0.0595. The van der Waals surface area contributed by atoms with Gasteiger partial charge in [0.1, 0.15) is 0 Å². The van der Waals surface area contributed by atoms with E-state index in [2.05, 4.69) is 24.3 Å². The van der Waals surface area contributed by atoms with Crippen LogP contribution in [0.2, 0.25) is 5.02 Å². The van der Waals surface area contributed by atoms with Crippen LogP contribution in [0.3, 0.4) is 0 Å². The van der Waals surface area contributed by atoms with Crippen LogP contribution in [0.15, 0.2) is 0 Å². The molecule has 0 saturated heterocycles. The summed E-state index contributed by atoms with van der Waals surface area (Å²) < 4.78 is 12.5. The summed E-state index contributed by atoms with van der Waals surface area (Å²) in [5.74, 6) is 0. The molecule has 6 heteroatoms. The number of likely N-dealkylation sites (N-methyl/N-ethyl adjacent to an activating group) is 1. The molecule has 0 amide bonds. The molecule has 5 nitrogen and oxygen atoms in total. The van der Waals surface area contributed by atoms with Crippen LogP contribution in [0, 0.1) is 0 Å². The van der Waals surface area contributed by atoms with Crippen molar-refractivity contribution in [3.8, 4) is 0 Å². The Balaban J connectivity index is 2.66. The molecule has 1 rings (SSSR count). The first kappa shape index (κ1) is 17.4. The standard InChI is InChI=1S/C14H26ClN3O2/c1-5-12-14(15)13(18(6-2)17-12)9-11(16-3)10-20-8-7-19-4/h11,16H,5-10H2,1-4H3. The summed E-state index contributed by atoms with van der Waals surface area (Å²) in [7, 11) is 3.61. The fourth-order valence-electron chi connectivity index (χ4n) is 2.06. The van der Waals surface area contributed by atoms with Crippen LogP contribution >= 0.6 is 11.6 Å². The van der Waals surface area contributed by atoms with Gasteiger partial charge in [-0.1, -0.05) is 18.5 Å². The molecule has 1 atom stereocenters.